The van der Waals surface area contributed by atoms with Crippen molar-refractivity contribution in [3.8, 4) is 0 Å². The second kappa shape index (κ2) is 2.23. The van der Waals surface area contributed by atoms with Crippen LogP contribution >= 0.6 is 0 Å². The van der Waals surface area contributed by atoms with E-state index in [4.69, 9.17) is 0 Å². The molecule has 0 heterocycles. The molecule has 0 aromatic carbocycles. The number of rotatable bonds is 1. The van der Waals surface area contributed by atoms with E-state index in [2.05, 4.69) is 0 Å². The Hall–Kier alpha value is -0.530. The SMILES string of the molecule is CN(C)C(=O)C1[C@@H]2CC[C@H]1C2. The molecule has 3 saturated carbocycles. The van der Waals surface area contributed by atoms with E-state index in [9.17, 15) is 4.79 Å². The normalized spacial score (nSPS) is 40.0. The van der Waals surface area contributed by atoms with Crippen LogP contribution in [0.4, 0.5) is 0 Å². The summed E-state index contributed by atoms with van der Waals surface area (Å²) in [7, 11) is 3.72. The van der Waals surface area contributed by atoms with Crippen molar-refractivity contribution in [3.05, 3.63) is 0 Å². The minimum Gasteiger partial charge on any atom is -0.349 e. The Bertz CT molecular complexity index is 174. The van der Waals surface area contributed by atoms with Crippen molar-refractivity contribution in [2.24, 2.45) is 17.8 Å². The lowest BCUT2D eigenvalue weighted by Crippen LogP contribution is -2.41. The zero-order chi connectivity index (χ0) is 8.01. The molecule has 0 saturated heterocycles. The average Bonchev–Trinajstić information content (AvgIpc) is 2.44. The van der Waals surface area contributed by atoms with E-state index >= 15 is 0 Å². The molecular weight excluding hydrogens is 138 g/mol. The molecule has 2 bridgehead atoms. The molecule has 2 heteroatoms. The highest BCUT2D eigenvalue weighted by Crippen LogP contribution is 2.53. The Morgan fingerprint density at radius 2 is 1.82 bits per heavy atom. The maximum absolute atomic E-state index is 11.5. The Morgan fingerprint density at radius 3 is 2.18 bits per heavy atom. The summed E-state index contributed by atoms with van der Waals surface area (Å²) in [5.41, 5.74) is 0. The highest BCUT2D eigenvalue weighted by atomic mass is 16.2. The fourth-order valence-corrected chi connectivity index (χ4v) is 2.60. The molecule has 0 N–H and O–H groups in total. The smallest absolute Gasteiger partial charge is 0.225 e. The maximum Gasteiger partial charge on any atom is 0.225 e. The number of carbonyl (C=O) groups is 1. The summed E-state index contributed by atoms with van der Waals surface area (Å²) in [6, 6.07) is 0. The Kier molecular flexibility index (Phi) is 1.44. The number of carbonyl (C=O) groups excluding carboxylic acids is 1. The lowest BCUT2D eigenvalue weighted by Gasteiger charge is -2.36. The quantitative estimate of drug-likeness (QED) is 0.553. The van der Waals surface area contributed by atoms with Crippen molar-refractivity contribution in [1.29, 1.82) is 0 Å². The highest BCUT2D eigenvalue weighted by Gasteiger charge is 2.50. The second-order valence-electron chi connectivity index (χ2n) is 4.09. The van der Waals surface area contributed by atoms with Crippen LogP contribution in [0.2, 0.25) is 0 Å². The van der Waals surface area contributed by atoms with Crippen LogP contribution in [0.5, 0.6) is 0 Å². The number of nitrogens with zero attached hydrogens (tertiary/aromatic N) is 1. The van der Waals surface area contributed by atoms with Gasteiger partial charge in [0.25, 0.3) is 0 Å². The number of hydrogen-bond donors (Lipinski definition) is 0. The topological polar surface area (TPSA) is 20.3 Å². The fraction of sp³-hybridized carbons (Fsp3) is 0.889. The minimum atomic E-state index is 0.365. The largest absolute Gasteiger partial charge is 0.349 e. The third-order valence-electron chi connectivity index (χ3n) is 3.26. The van der Waals surface area contributed by atoms with Gasteiger partial charge in [-0.1, -0.05) is 0 Å². The standard InChI is InChI=1S/C9H15NO/c1-10(2)9(11)8-6-3-4-7(8)5-6/h6-8H,3-5H2,1-2H3/t6-,7+,8?. The van der Waals surface area contributed by atoms with Crippen molar-refractivity contribution < 1.29 is 4.79 Å². The number of amides is 1. The lowest BCUT2D eigenvalue weighted by atomic mass is 9.71. The lowest BCUT2D eigenvalue weighted by molar-refractivity contribution is -0.139. The zero-order valence-corrected chi connectivity index (χ0v) is 7.21. The second-order valence-corrected chi connectivity index (χ2v) is 4.09. The molecule has 3 atom stereocenters. The van der Waals surface area contributed by atoms with Crippen LogP contribution in [0.15, 0.2) is 0 Å². The third-order valence-corrected chi connectivity index (χ3v) is 3.26. The Labute approximate surface area is 67.6 Å². The summed E-state index contributed by atoms with van der Waals surface area (Å²) in [4.78, 5) is 13.3. The van der Waals surface area contributed by atoms with Crippen LogP contribution < -0.4 is 0 Å². The van der Waals surface area contributed by atoms with Crippen LogP contribution in [0.1, 0.15) is 19.3 Å². The first-order chi connectivity index (χ1) is 5.20. The first kappa shape index (κ1) is 7.14. The molecule has 0 aromatic heterocycles. The highest BCUT2D eigenvalue weighted by molar-refractivity contribution is 5.80. The zero-order valence-electron chi connectivity index (χ0n) is 7.21. The molecule has 1 amide bonds. The summed E-state index contributed by atoms with van der Waals surface area (Å²) in [6.45, 7) is 0. The summed E-state index contributed by atoms with van der Waals surface area (Å²) in [6.07, 6.45) is 3.92. The van der Waals surface area contributed by atoms with E-state index in [0.717, 1.165) is 11.8 Å². The molecule has 2 nitrogen and oxygen atoms in total. The summed E-state index contributed by atoms with van der Waals surface area (Å²) < 4.78 is 0. The minimum absolute atomic E-state index is 0.365. The van der Waals surface area contributed by atoms with Crippen LogP contribution in [0.3, 0.4) is 0 Å². The molecule has 0 aliphatic heterocycles. The van der Waals surface area contributed by atoms with Gasteiger partial charge in [0.15, 0.2) is 0 Å². The predicted octanol–water partition coefficient (Wildman–Crippen LogP) is 1.12. The van der Waals surface area contributed by atoms with Crippen LogP contribution in [-0.2, 0) is 4.79 Å². The molecule has 3 fully saturated rings. The van der Waals surface area contributed by atoms with E-state index in [1.165, 1.54) is 19.3 Å². The molecule has 0 spiro atoms. The van der Waals surface area contributed by atoms with Gasteiger partial charge in [-0.05, 0) is 31.1 Å². The molecule has 62 valence electrons. The van der Waals surface area contributed by atoms with E-state index in [0.29, 0.717) is 11.8 Å². The average molecular weight is 153 g/mol. The van der Waals surface area contributed by atoms with Gasteiger partial charge in [0, 0.05) is 20.0 Å². The molecule has 11 heavy (non-hydrogen) atoms. The van der Waals surface area contributed by atoms with E-state index in [-0.39, 0.29) is 0 Å². The van der Waals surface area contributed by atoms with Crippen molar-refractivity contribution in [3.63, 3.8) is 0 Å². The van der Waals surface area contributed by atoms with Gasteiger partial charge in [0.05, 0.1) is 0 Å². The van der Waals surface area contributed by atoms with Gasteiger partial charge in [-0.2, -0.15) is 0 Å². The Balaban J connectivity index is 2.02. The van der Waals surface area contributed by atoms with Crippen molar-refractivity contribution in [1.82, 2.24) is 4.90 Å². The molecule has 1 unspecified atom stereocenters. The van der Waals surface area contributed by atoms with Gasteiger partial charge in [-0.15, -0.1) is 0 Å². The van der Waals surface area contributed by atoms with E-state index in [1.54, 1.807) is 4.90 Å². The van der Waals surface area contributed by atoms with Crippen LogP contribution in [0.25, 0.3) is 0 Å². The van der Waals surface area contributed by atoms with E-state index in [1.807, 2.05) is 14.1 Å². The van der Waals surface area contributed by atoms with Crippen molar-refractivity contribution >= 4 is 5.91 Å². The summed E-state index contributed by atoms with van der Waals surface area (Å²) >= 11 is 0. The number of hydrogen-bond acceptors (Lipinski definition) is 1. The molecule has 0 aromatic rings. The van der Waals surface area contributed by atoms with Crippen molar-refractivity contribution in [2.45, 2.75) is 19.3 Å². The van der Waals surface area contributed by atoms with Crippen molar-refractivity contribution in [2.75, 3.05) is 14.1 Å². The fourth-order valence-electron chi connectivity index (χ4n) is 2.60. The molecule has 0 radical (unpaired) electrons. The van der Waals surface area contributed by atoms with Gasteiger partial charge < -0.3 is 4.90 Å². The molecule has 3 aliphatic rings. The van der Waals surface area contributed by atoms with Gasteiger partial charge in [0.2, 0.25) is 5.91 Å². The molecule has 3 aliphatic carbocycles. The van der Waals surface area contributed by atoms with Gasteiger partial charge in [-0.3, -0.25) is 4.79 Å². The first-order valence-corrected chi connectivity index (χ1v) is 4.41. The van der Waals surface area contributed by atoms with E-state index < -0.39 is 0 Å². The molecular formula is C9H15NO. The first-order valence-electron chi connectivity index (χ1n) is 4.41. The third kappa shape index (κ3) is 0.883. The van der Waals surface area contributed by atoms with Crippen LogP contribution in [0, 0.1) is 17.8 Å². The summed E-state index contributed by atoms with van der Waals surface area (Å²) in [5.74, 6) is 2.26. The van der Waals surface area contributed by atoms with Gasteiger partial charge in [0.1, 0.15) is 0 Å². The summed E-state index contributed by atoms with van der Waals surface area (Å²) in [5, 5.41) is 0. The maximum atomic E-state index is 11.5. The Morgan fingerprint density at radius 1 is 1.27 bits per heavy atom. The van der Waals surface area contributed by atoms with Crippen LogP contribution in [-0.4, -0.2) is 24.9 Å². The monoisotopic (exact) mass is 153 g/mol. The van der Waals surface area contributed by atoms with Gasteiger partial charge in [-0.25, -0.2) is 0 Å². The predicted molar refractivity (Wildman–Crippen MR) is 43.0 cm³/mol. The number of fused-ring (bicyclic) bond motifs is 1. The van der Waals surface area contributed by atoms with Gasteiger partial charge >= 0.3 is 0 Å². The molecule has 3 rings (SSSR count).